The normalized spacial score (nSPS) is 11.9. The van der Waals surface area contributed by atoms with Gasteiger partial charge in [0.15, 0.2) is 0 Å². The second-order valence-electron chi connectivity index (χ2n) is 5.30. The summed E-state index contributed by atoms with van der Waals surface area (Å²) >= 11 is 1.33. The van der Waals surface area contributed by atoms with Crippen LogP contribution in [0, 0.1) is 0 Å². The molecule has 0 aliphatic carbocycles. The molecule has 1 amide bonds. The van der Waals surface area contributed by atoms with Crippen molar-refractivity contribution in [1.82, 2.24) is 20.1 Å². The molecule has 1 aromatic heterocycles. The number of hydrogen-bond acceptors (Lipinski definition) is 4. The van der Waals surface area contributed by atoms with E-state index in [1.165, 1.54) is 11.8 Å². The van der Waals surface area contributed by atoms with Crippen LogP contribution in [-0.2, 0) is 4.79 Å². The van der Waals surface area contributed by atoms with Gasteiger partial charge < -0.3 is 5.32 Å². The highest BCUT2D eigenvalue weighted by Crippen LogP contribution is 2.15. The van der Waals surface area contributed by atoms with E-state index in [0.29, 0.717) is 5.16 Å². The molecule has 0 radical (unpaired) electrons. The summed E-state index contributed by atoms with van der Waals surface area (Å²) in [4.78, 5) is 16.3. The number of hydrogen-bond donors (Lipinski definition) is 1. The van der Waals surface area contributed by atoms with E-state index in [9.17, 15) is 4.79 Å². The predicted molar refractivity (Wildman–Crippen MR) is 95.1 cm³/mol. The smallest absolute Gasteiger partial charge is 0.230 e. The van der Waals surface area contributed by atoms with Crippen LogP contribution in [-0.4, -0.2) is 26.4 Å². The molecule has 0 saturated carbocycles. The van der Waals surface area contributed by atoms with Gasteiger partial charge in [-0.2, -0.15) is 0 Å². The van der Waals surface area contributed by atoms with Gasteiger partial charge in [-0.3, -0.25) is 4.79 Å². The molecule has 0 fully saturated rings. The number of rotatable bonds is 6. The predicted octanol–water partition coefficient (Wildman–Crippen LogP) is 3.24. The lowest BCUT2D eigenvalue weighted by Crippen LogP contribution is -2.28. The molecular weight excluding hydrogens is 320 g/mol. The minimum atomic E-state index is -0.0348. The summed E-state index contributed by atoms with van der Waals surface area (Å²) in [5.74, 6) is 0.253. The second kappa shape index (κ2) is 7.79. The highest BCUT2D eigenvalue weighted by Gasteiger charge is 2.11. The van der Waals surface area contributed by atoms with Crippen molar-refractivity contribution in [1.29, 1.82) is 0 Å². The topological polar surface area (TPSA) is 59.8 Å². The molecule has 5 nitrogen and oxygen atoms in total. The molecule has 3 aromatic rings. The summed E-state index contributed by atoms with van der Waals surface area (Å²) < 4.78 is 1.70. The van der Waals surface area contributed by atoms with Gasteiger partial charge in [0.1, 0.15) is 6.33 Å². The Morgan fingerprint density at radius 3 is 2.50 bits per heavy atom. The van der Waals surface area contributed by atoms with Gasteiger partial charge >= 0.3 is 0 Å². The summed E-state index contributed by atoms with van der Waals surface area (Å²) in [6.45, 7) is 1.97. The first-order chi connectivity index (χ1) is 11.7. The molecule has 2 aromatic carbocycles. The van der Waals surface area contributed by atoms with Gasteiger partial charge in [0.05, 0.1) is 17.5 Å². The first-order valence-corrected chi connectivity index (χ1v) is 8.65. The van der Waals surface area contributed by atoms with Crippen LogP contribution >= 0.6 is 11.8 Å². The van der Waals surface area contributed by atoms with Crippen LogP contribution in [0.15, 0.2) is 72.1 Å². The average Bonchev–Trinajstić information content (AvgIpc) is 3.10. The fraction of sp³-hybridized carbons (Fsp3) is 0.167. The second-order valence-corrected chi connectivity index (χ2v) is 6.24. The van der Waals surface area contributed by atoms with Crippen molar-refractivity contribution in [3.8, 4) is 5.69 Å². The Labute approximate surface area is 145 Å². The zero-order valence-corrected chi connectivity index (χ0v) is 14.1. The number of para-hydroxylation sites is 1. The molecule has 1 heterocycles. The SMILES string of the molecule is C[C@H](NC(=O)CSc1ncn(-c2ccccc2)n1)c1ccccc1. The van der Waals surface area contributed by atoms with Gasteiger partial charge in [0, 0.05) is 0 Å². The number of aromatic nitrogens is 3. The van der Waals surface area contributed by atoms with Crippen LogP contribution in [0.25, 0.3) is 5.69 Å². The van der Waals surface area contributed by atoms with Gasteiger partial charge in [-0.15, -0.1) is 5.10 Å². The van der Waals surface area contributed by atoms with Crippen molar-refractivity contribution in [3.05, 3.63) is 72.6 Å². The molecule has 1 N–H and O–H groups in total. The van der Waals surface area contributed by atoms with Crippen LogP contribution < -0.4 is 5.32 Å². The Kier molecular flexibility index (Phi) is 5.28. The molecule has 122 valence electrons. The molecule has 0 unspecified atom stereocenters. The number of nitrogens with one attached hydrogen (secondary N) is 1. The lowest BCUT2D eigenvalue weighted by Gasteiger charge is -2.13. The summed E-state index contributed by atoms with van der Waals surface area (Å²) in [6.07, 6.45) is 1.65. The maximum atomic E-state index is 12.1. The Bertz CT molecular complexity index is 789. The third kappa shape index (κ3) is 4.23. The number of carbonyl (C=O) groups excluding carboxylic acids is 1. The van der Waals surface area contributed by atoms with E-state index in [1.54, 1.807) is 11.0 Å². The molecule has 0 bridgehead atoms. The molecule has 3 rings (SSSR count). The Morgan fingerprint density at radius 1 is 1.12 bits per heavy atom. The molecule has 24 heavy (non-hydrogen) atoms. The Morgan fingerprint density at radius 2 is 1.79 bits per heavy atom. The van der Waals surface area contributed by atoms with Crippen molar-refractivity contribution in [2.75, 3.05) is 5.75 Å². The first-order valence-electron chi connectivity index (χ1n) is 7.66. The van der Waals surface area contributed by atoms with E-state index in [-0.39, 0.29) is 17.7 Å². The minimum absolute atomic E-state index is 0.0193. The van der Waals surface area contributed by atoms with Crippen LogP contribution in [0.5, 0.6) is 0 Å². The summed E-state index contributed by atoms with van der Waals surface area (Å²) in [5, 5.41) is 7.95. The van der Waals surface area contributed by atoms with Gasteiger partial charge in [0.25, 0.3) is 0 Å². The fourth-order valence-electron chi connectivity index (χ4n) is 2.26. The largest absolute Gasteiger partial charge is 0.349 e. The van der Waals surface area contributed by atoms with E-state index >= 15 is 0 Å². The molecular formula is C18H18N4OS. The quantitative estimate of drug-likeness (QED) is 0.701. The van der Waals surface area contributed by atoms with E-state index in [2.05, 4.69) is 15.4 Å². The summed E-state index contributed by atoms with van der Waals surface area (Å²) in [6, 6.07) is 19.6. The van der Waals surface area contributed by atoms with Crippen molar-refractivity contribution < 1.29 is 4.79 Å². The van der Waals surface area contributed by atoms with Gasteiger partial charge in [-0.25, -0.2) is 9.67 Å². The zero-order chi connectivity index (χ0) is 16.8. The first kappa shape index (κ1) is 16.3. The van der Waals surface area contributed by atoms with Crippen LogP contribution in [0.1, 0.15) is 18.5 Å². The van der Waals surface area contributed by atoms with E-state index in [4.69, 9.17) is 0 Å². The fourth-order valence-corrected chi connectivity index (χ4v) is 2.87. The van der Waals surface area contributed by atoms with Crippen molar-refractivity contribution >= 4 is 17.7 Å². The molecule has 0 saturated heterocycles. The third-order valence-electron chi connectivity index (χ3n) is 3.50. The summed E-state index contributed by atoms with van der Waals surface area (Å²) in [7, 11) is 0. The average molecular weight is 338 g/mol. The lowest BCUT2D eigenvalue weighted by atomic mass is 10.1. The number of carbonyl (C=O) groups is 1. The number of benzene rings is 2. The van der Waals surface area contributed by atoms with E-state index in [1.807, 2.05) is 67.6 Å². The zero-order valence-electron chi connectivity index (χ0n) is 13.3. The standard InChI is InChI=1S/C18H18N4OS/c1-14(15-8-4-2-5-9-15)20-17(23)12-24-18-19-13-22(21-18)16-10-6-3-7-11-16/h2-11,13-14H,12H2,1H3,(H,20,23)/t14-/m0/s1. The maximum Gasteiger partial charge on any atom is 0.230 e. The highest BCUT2D eigenvalue weighted by molar-refractivity contribution is 7.99. The van der Waals surface area contributed by atoms with Crippen LogP contribution in [0.3, 0.4) is 0 Å². The number of amides is 1. The molecule has 0 aliphatic rings. The molecule has 0 aliphatic heterocycles. The van der Waals surface area contributed by atoms with E-state index < -0.39 is 0 Å². The van der Waals surface area contributed by atoms with Gasteiger partial charge in [-0.05, 0) is 24.6 Å². The van der Waals surface area contributed by atoms with E-state index in [0.717, 1.165) is 11.3 Å². The van der Waals surface area contributed by atoms with Crippen molar-refractivity contribution in [2.24, 2.45) is 0 Å². The van der Waals surface area contributed by atoms with Crippen LogP contribution in [0.2, 0.25) is 0 Å². The van der Waals surface area contributed by atoms with Crippen molar-refractivity contribution in [2.45, 2.75) is 18.1 Å². The van der Waals surface area contributed by atoms with Gasteiger partial charge in [0.2, 0.25) is 11.1 Å². The highest BCUT2D eigenvalue weighted by atomic mass is 32.2. The molecule has 0 spiro atoms. The Hall–Kier alpha value is -2.60. The van der Waals surface area contributed by atoms with Crippen LogP contribution in [0.4, 0.5) is 0 Å². The summed E-state index contributed by atoms with van der Waals surface area (Å²) in [5.41, 5.74) is 2.03. The minimum Gasteiger partial charge on any atom is -0.349 e. The molecule has 1 atom stereocenters. The third-order valence-corrected chi connectivity index (χ3v) is 4.35. The number of thioether (sulfide) groups is 1. The molecule has 6 heteroatoms. The monoisotopic (exact) mass is 338 g/mol. The van der Waals surface area contributed by atoms with Gasteiger partial charge in [-0.1, -0.05) is 60.3 Å². The Balaban J connectivity index is 1.53. The lowest BCUT2D eigenvalue weighted by molar-refractivity contribution is -0.119. The van der Waals surface area contributed by atoms with Crippen molar-refractivity contribution in [3.63, 3.8) is 0 Å². The maximum absolute atomic E-state index is 12.1. The number of nitrogens with zero attached hydrogens (tertiary/aromatic N) is 3.